The summed E-state index contributed by atoms with van der Waals surface area (Å²) in [6.07, 6.45) is 3.36. The molecule has 1 aliphatic rings. The summed E-state index contributed by atoms with van der Waals surface area (Å²) in [6, 6.07) is 18.2. The summed E-state index contributed by atoms with van der Waals surface area (Å²) in [4.78, 5) is 20.2. The van der Waals surface area contributed by atoms with Gasteiger partial charge in [0.2, 0.25) is 0 Å². The minimum Gasteiger partial charge on any atom is -0.336 e. The Kier molecular flexibility index (Phi) is 4.77. The fourth-order valence-electron chi connectivity index (χ4n) is 3.68. The maximum atomic E-state index is 13.4. The molecule has 1 aromatic heterocycles. The lowest BCUT2D eigenvalue weighted by molar-refractivity contribution is 0.0637. The second-order valence-electron chi connectivity index (χ2n) is 6.92. The van der Waals surface area contributed by atoms with Crippen LogP contribution in [-0.4, -0.2) is 28.4 Å². The highest BCUT2D eigenvalue weighted by molar-refractivity contribution is 9.10. The summed E-state index contributed by atoms with van der Waals surface area (Å²) >= 11 is 3.47. The van der Waals surface area contributed by atoms with Gasteiger partial charge in [0, 0.05) is 28.0 Å². The first-order valence-electron chi connectivity index (χ1n) is 9.10. The molecule has 26 heavy (non-hydrogen) atoms. The average molecular weight is 409 g/mol. The van der Waals surface area contributed by atoms with Crippen molar-refractivity contribution in [3.8, 4) is 11.3 Å². The van der Waals surface area contributed by atoms with E-state index in [1.54, 1.807) is 0 Å². The third-order valence-corrected chi connectivity index (χ3v) is 5.68. The van der Waals surface area contributed by atoms with Crippen molar-refractivity contribution in [2.75, 3.05) is 6.54 Å². The second kappa shape index (κ2) is 7.20. The molecule has 3 nitrogen and oxygen atoms in total. The molecule has 4 rings (SSSR count). The molecule has 1 saturated heterocycles. The van der Waals surface area contributed by atoms with E-state index < -0.39 is 0 Å². The zero-order valence-corrected chi connectivity index (χ0v) is 16.4. The molecule has 3 aromatic rings. The van der Waals surface area contributed by atoms with Gasteiger partial charge in [-0.1, -0.05) is 46.3 Å². The summed E-state index contributed by atoms with van der Waals surface area (Å²) in [7, 11) is 0. The van der Waals surface area contributed by atoms with Crippen LogP contribution in [0.4, 0.5) is 0 Å². The highest BCUT2D eigenvalue weighted by Crippen LogP contribution is 2.28. The van der Waals surface area contributed by atoms with Gasteiger partial charge in [0.1, 0.15) is 0 Å². The van der Waals surface area contributed by atoms with Crippen molar-refractivity contribution in [2.45, 2.75) is 32.2 Å². The quantitative estimate of drug-likeness (QED) is 0.546. The number of rotatable bonds is 2. The third-order valence-electron chi connectivity index (χ3n) is 5.15. The van der Waals surface area contributed by atoms with Crippen molar-refractivity contribution in [3.63, 3.8) is 0 Å². The molecule has 1 fully saturated rings. The number of piperidine rings is 1. The molecule has 0 spiro atoms. The van der Waals surface area contributed by atoms with Crippen molar-refractivity contribution in [2.24, 2.45) is 0 Å². The SMILES string of the molecule is CC1CCCCN1C(=O)c1cc(-c2ccc(Br)cc2)nc2ccccc12. The fourth-order valence-corrected chi connectivity index (χ4v) is 3.94. The molecule has 1 atom stereocenters. The monoisotopic (exact) mass is 408 g/mol. The highest BCUT2D eigenvalue weighted by Gasteiger charge is 2.26. The Morgan fingerprint density at radius 3 is 2.65 bits per heavy atom. The van der Waals surface area contributed by atoms with Crippen molar-refractivity contribution in [1.29, 1.82) is 0 Å². The highest BCUT2D eigenvalue weighted by atomic mass is 79.9. The first-order valence-corrected chi connectivity index (χ1v) is 9.89. The van der Waals surface area contributed by atoms with Crippen LogP contribution in [0.15, 0.2) is 59.1 Å². The van der Waals surface area contributed by atoms with E-state index in [2.05, 4.69) is 22.9 Å². The Bertz CT molecular complexity index is 952. The van der Waals surface area contributed by atoms with Crippen molar-refractivity contribution < 1.29 is 4.79 Å². The molecule has 0 saturated carbocycles. The molecule has 132 valence electrons. The number of hydrogen-bond donors (Lipinski definition) is 0. The van der Waals surface area contributed by atoms with E-state index in [0.717, 1.165) is 51.6 Å². The zero-order valence-electron chi connectivity index (χ0n) is 14.8. The predicted molar refractivity (Wildman–Crippen MR) is 109 cm³/mol. The van der Waals surface area contributed by atoms with E-state index in [9.17, 15) is 4.79 Å². The van der Waals surface area contributed by atoms with Crippen LogP contribution in [0.1, 0.15) is 36.5 Å². The van der Waals surface area contributed by atoms with Gasteiger partial charge < -0.3 is 4.90 Å². The largest absolute Gasteiger partial charge is 0.336 e. The van der Waals surface area contributed by atoms with Gasteiger partial charge in [0.15, 0.2) is 0 Å². The van der Waals surface area contributed by atoms with E-state index in [1.165, 1.54) is 6.42 Å². The van der Waals surface area contributed by atoms with Crippen LogP contribution in [0.25, 0.3) is 22.2 Å². The molecule has 2 aromatic carbocycles. The predicted octanol–water partition coefficient (Wildman–Crippen LogP) is 5.68. The van der Waals surface area contributed by atoms with Gasteiger partial charge >= 0.3 is 0 Å². The minimum atomic E-state index is 0.120. The first-order chi connectivity index (χ1) is 12.6. The number of nitrogens with zero attached hydrogens (tertiary/aromatic N) is 2. The number of aromatic nitrogens is 1. The van der Waals surface area contributed by atoms with Gasteiger partial charge in [-0.3, -0.25) is 4.79 Å². The molecule has 1 aliphatic heterocycles. The van der Waals surface area contributed by atoms with Crippen LogP contribution >= 0.6 is 15.9 Å². The van der Waals surface area contributed by atoms with Crippen LogP contribution in [0.3, 0.4) is 0 Å². The Morgan fingerprint density at radius 1 is 1.12 bits per heavy atom. The van der Waals surface area contributed by atoms with Crippen molar-refractivity contribution in [3.05, 3.63) is 64.6 Å². The molecule has 2 heterocycles. The lowest BCUT2D eigenvalue weighted by Gasteiger charge is -2.33. The lowest BCUT2D eigenvalue weighted by Crippen LogP contribution is -2.42. The van der Waals surface area contributed by atoms with Gasteiger partial charge in [0.25, 0.3) is 5.91 Å². The molecular weight excluding hydrogens is 388 g/mol. The fraction of sp³-hybridized carbons (Fsp3) is 0.273. The number of carbonyl (C=O) groups is 1. The Balaban J connectivity index is 1.84. The number of hydrogen-bond acceptors (Lipinski definition) is 2. The zero-order chi connectivity index (χ0) is 18.1. The van der Waals surface area contributed by atoms with Gasteiger partial charge in [0.05, 0.1) is 16.8 Å². The number of amides is 1. The molecule has 1 amide bonds. The molecule has 4 heteroatoms. The summed E-state index contributed by atoms with van der Waals surface area (Å²) in [5.41, 5.74) is 3.46. The number of pyridine rings is 1. The molecule has 0 aliphatic carbocycles. The smallest absolute Gasteiger partial charge is 0.254 e. The Morgan fingerprint density at radius 2 is 1.88 bits per heavy atom. The first kappa shape index (κ1) is 17.2. The molecule has 1 unspecified atom stereocenters. The Hall–Kier alpha value is -2.20. The molecule has 0 bridgehead atoms. The van der Waals surface area contributed by atoms with Gasteiger partial charge in [-0.05, 0) is 50.5 Å². The number of halogens is 1. The molecule has 0 radical (unpaired) electrons. The Labute approximate surface area is 162 Å². The van der Waals surface area contributed by atoms with Crippen LogP contribution in [0.2, 0.25) is 0 Å². The minimum absolute atomic E-state index is 0.120. The van der Waals surface area contributed by atoms with Crippen LogP contribution < -0.4 is 0 Å². The van der Waals surface area contributed by atoms with Crippen molar-refractivity contribution >= 4 is 32.7 Å². The van der Waals surface area contributed by atoms with Gasteiger partial charge in [-0.2, -0.15) is 0 Å². The van der Waals surface area contributed by atoms with Gasteiger partial charge in [-0.15, -0.1) is 0 Å². The van der Waals surface area contributed by atoms with E-state index in [1.807, 2.05) is 59.5 Å². The van der Waals surface area contributed by atoms with Crippen LogP contribution in [-0.2, 0) is 0 Å². The van der Waals surface area contributed by atoms with Crippen molar-refractivity contribution in [1.82, 2.24) is 9.88 Å². The number of fused-ring (bicyclic) bond motifs is 1. The second-order valence-corrected chi connectivity index (χ2v) is 7.84. The topological polar surface area (TPSA) is 33.2 Å². The maximum absolute atomic E-state index is 13.4. The summed E-state index contributed by atoms with van der Waals surface area (Å²) < 4.78 is 1.03. The lowest BCUT2D eigenvalue weighted by atomic mass is 9.99. The van der Waals surface area contributed by atoms with Crippen LogP contribution in [0.5, 0.6) is 0 Å². The summed E-state index contributed by atoms with van der Waals surface area (Å²) in [5.74, 6) is 0.120. The number of benzene rings is 2. The van der Waals surface area contributed by atoms with E-state index >= 15 is 0 Å². The molecular formula is C22H21BrN2O. The van der Waals surface area contributed by atoms with E-state index in [0.29, 0.717) is 6.04 Å². The van der Waals surface area contributed by atoms with E-state index in [-0.39, 0.29) is 5.91 Å². The van der Waals surface area contributed by atoms with Crippen LogP contribution in [0, 0.1) is 0 Å². The number of carbonyl (C=O) groups excluding carboxylic acids is 1. The van der Waals surface area contributed by atoms with E-state index in [4.69, 9.17) is 4.98 Å². The maximum Gasteiger partial charge on any atom is 0.254 e. The number of para-hydroxylation sites is 1. The third kappa shape index (κ3) is 3.26. The summed E-state index contributed by atoms with van der Waals surface area (Å²) in [5, 5.41) is 0.927. The van der Waals surface area contributed by atoms with Gasteiger partial charge in [-0.25, -0.2) is 4.98 Å². The number of likely N-dealkylation sites (tertiary alicyclic amines) is 1. The standard InChI is InChI=1S/C22H21BrN2O/c1-15-6-4-5-13-25(15)22(26)19-14-21(16-9-11-17(23)12-10-16)24-20-8-3-2-7-18(19)20/h2-3,7-12,14-15H,4-6,13H2,1H3. The average Bonchev–Trinajstić information content (AvgIpc) is 2.67. The summed E-state index contributed by atoms with van der Waals surface area (Å²) in [6.45, 7) is 2.99. The normalized spacial score (nSPS) is 17.5. The molecule has 0 N–H and O–H groups in total.